The molecular formula is C15H13ClFN3. The molecule has 0 amide bonds. The Balaban J connectivity index is 2.01. The molecular weight excluding hydrogens is 277 g/mol. The maximum absolute atomic E-state index is 14.1. The van der Waals surface area contributed by atoms with Gasteiger partial charge in [-0.05, 0) is 24.3 Å². The maximum atomic E-state index is 14.1. The van der Waals surface area contributed by atoms with Crippen molar-refractivity contribution in [2.24, 2.45) is 10.7 Å². The number of hydrogen-bond donors (Lipinski definition) is 1. The van der Waals surface area contributed by atoms with E-state index in [4.69, 9.17) is 17.3 Å². The topological polar surface area (TPSA) is 41.6 Å². The van der Waals surface area contributed by atoms with E-state index in [1.54, 1.807) is 12.1 Å². The van der Waals surface area contributed by atoms with Crippen LogP contribution in [0.15, 0.2) is 53.5 Å². The molecule has 20 heavy (non-hydrogen) atoms. The van der Waals surface area contributed by atoms with Gasteiger partial charge in [0, 0.05) is 16.3 Å². The first-order valence-electron chi connectivity index (χ1n) is 6.26. The van der Waals surface area contributed by atoms with Gasteiger partial charge < -0.3 is 10.6 Å². The van der Waals surface area contributed by atoms with Crippen molar-refractivity contribution in [3.8, 4) is 0 Å². The van der Waals surface area contributed by atoms with Crippen LogP contribution in [-0.4, -0.2) is 12.5 Å². The predicted octanol–water partition coefficient (Wildman–Crippen LogP) is 3.36. The van der Waals surface area contributed by atoms with Gasteiger partial charge in [0.25, 0.3) is 0 Å². The van der Waals surface area contributed by atoms with E-state index in [1.165, 1.54) is 6.07 Å². The lowest BCUT2D eigenvalue weighted by Crippen LogP contribution is -2.36. The predicted molar refractivity (Wildman–Crippen MR) is 79.6 cm³/mol. The highest BCUT2D eigenvalue weighted by molar-refractivity contribution is 6.30. The second-order valence-electron chi connectivity index (χ2n) is 4.59. The summed E-state index contributed by atoms with van der Waals surface area (Å²) in [6.07, 6.45) is 0. The van der Waals surface area contributed by atoms with Crippen LogP contribution in [0.2, 0.25) is 5.02 Å². The Morgan fingerprint density at radius 1 is 1.20 bits per heavy atom. The number of hydrogen-bond acceptors (Lipinski definition) is 3. The van der Waals surface area contributed by atoms with E-state index in [1.807, 2.05) is 35.2 Å². The lowest BCUT2D eigenvalue weighted by Gasteiger charge is -2.26. The van der Waals surface area contributed by atoms with Gasteiger partial charge in [-0.1, -0.05) is 35.9 Å². The Morgan fingerprint density at radius 2 is 1.95 bits per heavy atom. The van der Waals surface area contributed by atoms with Gasteiger partial charge in [0.15, 0.2) is 5.96 Å². The van der Waals surface area contributed by atoms with Gasteiger partial charge in [0.05, 0.1) is 12.6 Å². The Kier molecular flexibility index (Phi) is 3.32. The Hall–Kier alpha value is -2.07. The minimum Gasteiger partial charge on any atom is -0.369 e. The number of benzene rings is 2. The van der Waals surface area contributed by atoms with Crippen molar-refractivity contribution < 1.29 is 4.39 Å². The normalized spacial score (nSPS) is 18.2. The SMILES string of the molecule is NC1=NCC(c2ccc(Cl)cc2F)N1c1ccccc1. The third kappa shape index (κ3) is 2.23. The average Bonchev–Trinajstić information content (AvgIpc) is 2.81. The molecule has 5 heteroatoms. The van der Waals surface area contributed by atoms with Crippen molar-refractivity contribution in [3.63, 3.8) is 0 Å². The largest absolute Gasteiger partial charge is 0.369 e. The molecule has 3 nitrogen and oxygen atoms in total. The van der Waals surface area contributed by atoms with Crippen molar-refractivity contribution in [2.75, 3.05) is 11.4 Å². The minimum atomic E-state index is -0.340. The van der Waals surface area contributed by atoms with Gasteiger partial charge in [-0.15, -0.1) is 0 Å². The molecule has 1 aliphatic heterocycles. The summed E-state index contributed by atoms with van der Waals surface area (Å²) in [5, 5.41) is 0.379. The molecule has 0 spiro atoms. The van der Waals surface area contributed by atoms with E-state index in [9.17, 15) is 4.39 Å². The number of anilines is 1. The van der Waals surface area contributed by atoms with E-state index >= 15 is 0 Å². The van der Waals surface area contributed by atoms with Crippen LogP contribution in [0, 0.1) is 5.82 Å². The maximum Gasteiger partial charge on any atom is 0.196 e. The average molecular weight is 290 g/mol. The molecule has 3 rings (SSSR count). The third-order valence-electron chi connectivity index (χ3n) is 3.34. The zero-order valence-corrected chi connectivity index (χ0v) is 11.4. The summed E-state index contributed by atoms with van der Waals surface area (Å²) in [4.78, 5) is 6.08. The third-order valence-corrected chi connectivity index (χ3v) is 3.58. The summed E-state index contributed by atoms with van der Waals surface area (Å²) >= 11 is 5.80. The lowest BCUT2D eigenvalue weighted by atomic mass is 10.0. The number of guanidine groups is 1. The number of nitrogens with two attached hydrogens (primary N) is 1. The van der Waals surface area contributed by atoms with E-state index in [-0.39, 0.29) is 11.9 Å². The molecule has 1 atom stereocenters. The zero-order chi connectivity index (χ0) is 14.1. The quantitative estimate of drug-likeness (QED) is 0.921. The van der Waals surface area contributed by atoms with E-state index < -0.39 is 0 Å². The zero-order valence-electron chi connectivity index (χ0n) is 10.6. The molecule has 0 radical (unpaired) electrons. The molecule has 1 unspecified atom stereocenters. The monoisotopic (exact) mass is 289 g/mol. The molecule has 0 saturated heterocycles. The Morgan fingerprint density at radius 3 is 2.65 bits per heavy atom. The smallest absolute Gasteiger partial charge is 0.196 e. The number of para-hydroxylation sites is 1. The first-order chi connectivity index (χ1) is 9.66. The van der Waals surface area contributed by atoms with E-state index in [2.05, 4.69) is 4.99 Å². The van der Waals surface area contributed by atoms with Crippen molar-refractivity contribution in [1.29, 1.82) is 0 Å². The molecule has 1 aliphatic rings. The Labute approximate surface area is 121 Å². The van der Waals surface area contributed by atoms with Crippen molar-refractivity contribution in [3.05, 3.63) is 64.9 Å². The molecule has 2 aromatic rings. The van der Waals surface area contributed by atoms with Gasteiger partial charge in [0.2, 0.25) is 0 Å². The first-order valence-corrected chi connectivity index (χ1v) is 6.64. The number of rotatable bonds is 2. The first kappa shape index (κ1) is 12.9. The van der Waals surface area contributed by atoms with Crippen LogP contribution in [0.5, 0.6) is 0 Å². The molecule has 0 aliphatic carbocycles. The molecule has 1 heterocycles. The fourth-order valence-corrected chi connectivity index (χ4v) is 2.57. The molecule has 0 bridgehead atoms. The number of nitrogens with zero attached hydrogens (tertiary/aromatic N) is 2. The second kappa shape index (κ2) is 5.13. The highest BCUT2D eigenvalue weighted by Gasteiger charge is 2.30. The van der Waals surface area contributed by atoms with E-state index in [0.717, 1.165) is 5.69 Å². The van der Waals surface area contributed by atoms with Crippen molar-refractivity contribution in [2.45, 2.75) is 6.04 Å². The minimum absolute atomic E-state index is 0.241. The van der Waals surface area contributed by atoms with Gasteiger partial charge in [-0.3, -0.25) is 4.99 Å². The van der Waals surface area contributed by atoms with Gasteiger partial charge >= 0.3 is 0 Å². The standard InChI is InChI=1S/C15H13ClFN3/c16-10-6-7-12(13(17)8-10)14-9-19-15(18)20(14)11-4-2-1-3-5-11/h1-8,14H,9H2,(H2,18,19). The lowest BCUT2D eigenvalue weighted by molar-refractivity contribution is 0.589. The van der Waals surface area contributed by atoms with Crippen LogP contribution < -0.4 is 10.6 Å². The molecule has 0 fully saturated rings. The van der Waals surface area contributed by atoms with Crippen LogP contribution in [0.3, 0.4) is 0 Å². The highest BCUT2D eigenvalue weighted by atomic mass is 35.5. The summed E-state index contributed by atoms with van der Waals surface area (Å²) in [6.45, 7) is 0.430. The molecule has 102 valence electrons. The van der Waals surface area contributed by atoms with Gasteiger partial charge in [-0.25, -0.2) is 4.39 Å². The number of aliphatic imine (C=N–C) groups is 1. The van der Waals surface area contributed by atoms with Crippen LogP contribution in [0.1, 0.15) is 11.6 Å². The van der Waals surface area contributed by atoms with Crippen LogP contribution in [-0.2, 0) is 0 Å². The molecule has 2 aromatic carbocycles. The molecule has 0 aromatic heterocycles. The fourth-order valence-electron chi connectivity index (χ4n) is 2.41. The number of halogens is 2. The fraction of sp³-hybridized carbons (Fsp3) is 0.133. The summed E-state index contributed by atoms with van der Waals surface area (Å²) in [5.74, 6) is 0.0591. The van der Waals surface area contributed by atoms with Crippen molar-refractivity contribution >= 4 is 23.2 Å². The van der Waals surface area contributed by atoms with Gasteiger partial charge in [0.1, 0.15) is 5.82 Å². The second-order valence-corrected chi connectivity index (χ2v) is 5.02. The Bertz CT molecular complexity index is 657. The summed E-state index contributed by atoms with van der Waals surface area (Å²) in [5.41, 5.74) is 7.38. The van der Waals surface area contributed by atoms with Crippen LogP contribution in [0.4, 0.5) is 10.1 Å². The molecule has 0 saturated carbocycles. The van der Waals surface area contributed by atoms with Crippen LogP contribution in [0.25, 0.3) is 0 Å². The van der Waals surface area contributed by atoms with Crippen LogP contribution >= 0.6 is 11.6 Å². The highest BCUT2D eigenvalue weighted by Crippen LogP contribution is 2.32. The summed E-state index contributed by atoms with van der Waals surface area (Å²) in [6, 6.07) is 14.0. The molecule has 2 N–H and O–H groups in total. The van der Waals surface area contributed by atoms with Gasteiger partial charge in [-0.2, -0.15) is 0 Å². The summed E-state index contributed by atoms with van der Waals surface area (Å²) in [7, 11) is 0. The van der Waals surface area contributed by atoms with E-state index in [0.29, 0.717) is 23.1 Å². The summed E-state index contributed by atoms with van der Waals surface area (Å²) < 4.78 is 14.1. The van der Waals surface area contributed by atoms with Crippen molar-refractivity contribution in [1.82, 2.24) is 0 Å².